The number of nitrogens with zero attached hydrogens (tertiary/aromatic N) is 5. The molecule has 2 fully saturated rings. The number of hydrogen-bond donors (Lipinski definition) is 2. The van der Waals surface area contributed by atoms with Gasteiger partial charge < -0.3 is 30.1 Å². The lowest BCUT2D eigenvalue weighted by Gasteiger charge is -2.32. The van der Waals surface area contributed by atoms with Crippen molar-refractivity contribution >= 4 is 35.0 Å². The highest BCUT2D eigenvalue weighted by Crippen LogP contribution is 2.40. The Morgan fingerprint density at radius 1 is 1.20 bits per heavy atom. The molecule has 1 aromatic heterocycles. The van der Waals surface area contributed by atoms with Gasteiger partial charge in [0, 0.05) is 24.7 Å². The van der Waals surface area contributed by atoms with E-state index in [0.29, 0.717) is 28.5 Å². The number of carbonyl (C=O) groups is 2. The topological polar surface area (TPSA) is 103 Å². The monoisotopic (exact) mass is 551 g/mol. The van der Waals surface area contributed by atoms with E-state index < -0.39 is 11.6 Å². The van der Waals surface area contributed by atoms with Crippen LogP contribution in [0.1, 0.15) is 48.9 Å². The molecule has 3 aliphatic rings. The van der Waals surface area contributed by atoms with Crippen LogP contribution in [0.15, 0.2) is 37.1 Å². The maximum Gasteiger partial charge on any atom is 0.270 e. The number of nitrogens with one attached hydrogen (secondary N) is 2. The molecule has 0 spiro atoms. The van der Waals surface area contributed by atoms with Gasteiger partial charge in [-0.3, -0.25) is 9.59 Å². The maximum absolute atomic E-state index is 15.8. The van der Waals surface area contributed by atoms with Crippen LogP contribution in [-0.4, -0.2) is 85.3 Å². The Bertz CT molecular complexity index is 1280. The third-order valence-electron chi connectivity index (χ3n) is 8.30. The van der Waals surface area contributed by atoms with Gasteiger partial charge >= 0.3 is 0 Å². The van der Waals surface area contributed by atoms with E-state index in [1.54, 1.807) is 18.2 Å². The molecule has 11 heteroatoms. The van der Waals surface area contributed by atoms with Gasteiger partial charge in [0.1, 0.15) is 11.4 Å². The molecule has 1 saturated carbocycles. The van der Waals surface area contributed by atoms with Gasteiger partial charge in [-0.2, -0.15) is 4.98 Å². The zero-order valence-electron chi connectivity index (χ0n) is 23.5. The minimum absolute atomic E-state index is 0.0628. The maximum atomic E-state index is 15.8. The summed E-state index contributed by atoms with van der Waals surface area (Å²) in [5.74, 6) is 0.398. The molecule has 10 nitrogen and oxygen atoms in total. The van der Waals surface area contributed by atoms with Crippen molar-refractivity contribution in [2.45, 2.75) is 56.3 Å². The number of likely N-dealkylation sites (tertiary alicyclic amines) is 1. The van der Waals surface area contributed by atoms with Crippen molar-refractivity contribution in [2.75, 3.05) is 56.0 Å². The fourth-order valence-corrected chi connectivity index (χ4v) is 5.80. The second kappa shape index (κ2) is 11.4. The quantitative estimate of drug-likeness (QED) is 0.503. The van der Waals surface area contributed by atoms with Crippen molar-refractivity contribution in [3.8, 4) is 5.75 Å². The largest absolute Gasteiger partial charge is 0.495 e. The van der Waals surface area contributed by atoms with Gasteiger partial charge in [0.2, 0.25) is 11.6 Å². The molecule has 2 aromatic rings. The summed E-state index contributed by atoms with van der Waals surface area (Å²) in [5, 5.41) is 6.32. The Morgan fingerprint density at radius 2 is 1.93 bits per heavy atom. The van der Waals surface area contributed by atoms with Crippen LogP contribution in [0.4, 0.5) is 27.5 Å². The fourth-order valence-electron chi connectivity index (χ4n) is 5.80. The van der Waals surface area contributed by atoms with Gasteiger partial charge in [0.25, 0.3) is 11.8 Å². The van der Waals surface area contributed by atoms with Crippen molar-refractivity contribution in [3.63, 3.8) is 0 Å². The summed E-state index contributed by atoms with van der Waals surface area (Å²) in [6, 6.07) is 5.39. The van der Waals surface area contributed by atoms with E-state index in [4.69, 9.17) is 9.72 Å². The highest BCUT2D eigenvalue weighted by atomic mass is 19.1. The summed E-state index contributed by atoms with van der Waals surface area (Å²) in [6.07, 6.45) is 8.33. The van der Waals surface area contributed by atoms with Crippen LogP contribution in [0.5, 0.6) is 5.75 Å². The fraction of sp³-hybridized carbons (Fsp3) is 0.517. The summed E-state index contributed by atoms with van der Waals surface area (Å²) < 4.78 is 21.4. The van der Waals surface area contributed by atoms with E-state index in [1.807, 2.05) is 4.90 Å². The molecule has 2 amide bonds. The summed E-state index contributed by atoms with van der Waals surface area (Å²) in [5.41, 5.74) is -0.717. The van der Waals surface area contributed by atoms with E-state index in [-0.39, 0.29) is 30.5 Å². The number of aromatic nitrogens is 2. The lowest BCUT2D eigenvalue weighted by atomic mass is 10.0. The molecule has 0 bridgehead atoms. The second-order valence-corrected chi connectivity index (χ2v) is 11.0. The number of fused-ring (bicyclic) bond motifs is 1. The molecule has 2 aliphatic heterocycles. The third kappa shape index (κ3) is 5.47. The number of ether oxygens (including phenoxy) is 1. The van der Waals surface area contributed by atoms with Crippen LogP contribution in [0, 0.1) is 0 Å². The molecule has 1 saturated heterocycles. The molecule has 214 valence electrons. The van der Waals surface area contributed by atoms with Gasteiger partial charge in [-0.15, -0.1) is 0 Å². The van der Waals surface area contributed by atoms with Crippen molar-refractivity contribution in [1.82, 2.24) is 20.2 Å². The predicted octanol–water partition coefficient (Wildman–Crippen LogP) is 3.67. The number of carbonyl (C=O) groups excluding carboxylic acids is 2. The molecular formula is C29H38FN7O3. The second-order valence-electron chi connectivity index (χ2n) is 11.0. The smallest absolute Gasteiger partial charge is 0.270 e. The zero-order valence-corrected chi connectivity index (χ0v) is 23.5. The minimum atomic E-state index is -2.24. The Kier molecular flexibility index (Phi) is 7.93. The number of rotatable bonds is 7. The molecule has 3 heterocycles. The summed E-state index contributed by atoms with van der Waals surface area (Å²) in [4.78, 5) is 40.6. The van der Waals surface area contributed by atoms with Gasteiger partial charge in [-0.25, -0.2) is 9.37 Å². The Morgan fingerprint density at radius 3 is 2.60 bits per heavy atom. The Labute approximate surface area is 234 Å². The van der Waals surface area contributed by atoms with Crippen LogP contribution < -0.4 is 25.2 Å². The molecule has 40 heavy (non-hydrogen) atoms. The molecule has 5 rings (SSSR count). The standard InChI is InChI=1S/C29H38FN7O3/c1-5-29(30)18-37(21-8-6-7-9-21)25-23(36(3)27(29)39)17-31-28(34-25)33-22-11-10-19(16-24(22)40-4)26(38)32-20-12-14-35(2)15-13-20/h5,10-11,16-17,20-21H,1,6-9,12-15,18H2,2-4H3,(H,32,38)(H,31,33,34)/t29-/m1/s1. The van der Waals surface area contributed by atoms with E-state index >= 15 is 4.39 Å². The first kappa shape index (κ1) is 27.8. The number of hydrogen-bond acceptors (Lipinski definition) is 8. The first-order chi connectivity index (χ1) is 19.2. The summed E-state index contributed by atoms with van der Waals surface area (Å²) >= 11 is 0. The van der Waals surface area contributed by atoms with Crippen LogP contribution in [0.3, 0.4) is 0 Å². The van der Waals surface area contributed by atoms with E-state index in [1.165, 1.54) is 25.3 Å². The molecule has 0 unspecified atom stereocenters. The first-order valence-electron chi connectivity index (χ1n) is 13.9. The predicted molar refractivity (Wildman–Crippen MR) is 153 cm³/mol. The first-order valence-corrected chi connectivity index (χ1v) is 13.9. The molecule has 1 atom stereocenters. The summed E-state index contributed by atoms with van der Waals surface area (Å²) in [7, 11) is 5.16. The number of methoxy groups -OCH3 is 1. The summed E-state index contributed by atoms with van der Waals surface area (Å²) in [6.45, 7) is 5.37. The molecule has 1 aliphatic carbocycles. The number of amides is 2. The van der Waals surface area contributed by atoms with Gasteiger partial charge in [0.05, 0.1) is 25.5 Å². The highest BCUT2D eigenvalue weighted by Gasteiger charge is 2.46. The van der Waals surface area contributed by atoms with Crippen molar-refractivity contribution in [2.24, 2.45) is 0 Å². The lowest BCUT2D eigenvalue weighted by Crippen LogP contribution is -2.49. The number of halogens is 1. The van der Waals surface area contributed by atoms with Crippen molar-refractivity contribution < 1.29 is 18.7 Å². The normalized spacial score (nSPS) is 22.6. The Balaban J connectivity index is 1.40. The van der Waals surface area contributed by atoms with E-state index in [2.05, 4.69) is 34.1 Å². The van der Waals surface area contributed by atoms with Gasteiger partial charge in [-0.1, -0.05) is 19.4 Å². The number of anilines is 4. The average Bonchev–Trinajstić information content (AvgIpc) is 3.49. The van der Waals surface area contributed by atoms with Crippen molar-refractivity contribution in [1.29, 1.82) is 0 Å². The van der Waals surface area contributed by atoms with Crippen LogP contribution >= 0.6 is 0 Å². The van der Waals surface area contributed by atoms with Crippen molar-refractivity contribution in [3.05, 3.63) is 42.6 Å². The number of benzene rings is 1. The van der Waals surface area contributed by atoms with E-state index in [9.17, 15) is 9.59 Å². The van der Waals surface area contributed by atoms with E-state index in [0.717, 1.165) is 57.7 Å². The Hall–Kier alpha value is -3.73. The van der Waals surface area contributed by atoms with Crippen LogP contribution in [0.25, 0.3) is 0 Å². The molecule has 2 N–H and O–H groups in total. The van der Waals surface area contributed by atoms with Crippen LogP contribution in [0.2, 0.25) is 0 Å². The molecule has 1 aromatic carbocycles. The SMILES string of the molecule is C=C[C@@]1(F)CN(C2CCCC2)c2nc(Nc3ccc(C(=O)NC4CCN(C)CC4)cc3OC)ncc2N(C)C1=O. The lowest BCUT2D eigenvalue weighted by molar-refractivity contribution is -0.126. The number of alkyl halides is 1. The number of piperidine rings is 1. The van der Waals surface area contributed by atoms with Gasteiger partial charge in [0.15, 0.2) is 5.82 Å². The van der Waals surface area contributed by atoms with Gasteiger partial charge in [-0.05, 0) is 70.1 Å². The van der Waals surface area contributed by atoms with Crippen LogP contribution in [-0.2, 0) is 4.79 Å². The highest BCUT2D eigenvalue weighted by molar-refractivity contribution is 6.04. The third-order valence-corrected chi connectivity index (χ3v) is 8.30. The minimum Gasteiger partial charge on any atom is -0.495 e. The zero-order chi connectivity index (χ0) is 28.4. The molecular weight excluding hydrogens is 513 g/mol. The average molecular weight is 552 g/mol. The molecule has 0 radical (unpaired) electrons.